The van der Waals surface area contributed by atoms with Crippen molar-refractivity contribution in [2.24, 2.45) is 5.92 Å². The molecule has 0 unspecified atom stereocenters. The van der Waals surface area contributed by atoms with Gasteiger partial charge in [-0.3, -0.25) is 4.79 Å². The Kier molecular flexibility index (Phi) is 8.30. The molecule has 1 aliphatic carbocycles. The van der Waals surface area contributed by atoms with Crippen LogP contribution in [0.15, 0.2) is 42.0 Å². The third kappa shape index (κ3) is 6.96. The van der Waals surface area contributed by atoms with Crippen LogP contribution in [0.3, 0.4) is 0 Å². The molecule has 2 aliphatic rings. The van der Waals surface area contributed by atoms with Crippen molar-refractivity contribution < 1.29 is 13.2 Å². The van der Waals surface area contributed by atoms with Crippen LogP contribution in [0.25, 0.3) is 0 Å². The molecular weight excluding hydrogens is 384 g/mol. The molecule has 160 valence electrons. The Morgan fingerprint density at radius 3 is 2.52 bits per heavy atom. The predicted molar refractivity (Wildman–Crippen MR) is 117 cm³/mol. The van der Waals surface area contributed by atoms with Gasteiger partial charge in [0.2, 0.25) is 15.9 Å². The maximum Gasteiger partial charge on any atom is 0.223 e. The summed E-state index contributed by atoms with van der Waals surface area (Å²) in [5, 5.41) is 3.06. The van der Waals surface area contributed by atoms with Gasteiger partial charge in [-0.05, 0) is 63.4 Å². The molecule has 0 spiro atoms. The summed E-state index contributed by atoms with van der Waals surface area (Å²) in [6.45, 7) is 1.61. The van der Waals surface area contributed by atoms with Crippen LogP contribution in [0.5, 0.6) is 0 Å². The summed E-state index contributed by atoms with van der Waals surface area (Å²) < 4.78 is 26.8. The molecule has 6 heteroatoms. The minimum absolute atomic E-state index is 0.0638. The fraction of sp³-hybridized carbons (Fsp3) is 0.609. The minimum Gasteiger partial charge on any atom is -0.356 e. The monoisotopic (exact) mass is 418 g/mol. The van der Waals surface area contributed by atoms with Crippen LogP contribution in [-0.2, 0) is 21.2 Å². The van der Waals surface area contributed by atoms with Crippen LogP contribution in [0.1, 0.15) is 56.9 Å². The summed E-state index contributed by atoms with van der Waals surface area (Å²) in [4.78, 5) is 12.4. The molecule has 1 fully saturated rings. The summed E-state index contributed by atoms with van der Waals surface area (Å²) in [5.41, 5.74) is 2.63. The quantitative estimate of drug-likeness (QED) is 0.622. The molecule has 3 rings (SSSR count). The van der Waals surface area contributed by atoms with Crippen LogP contribution < -0.4 is 5.32 Å². The number of carbonyl (C=O) groups is 1. The Labute approximate surface area is 175 Å². The van der Waals surface area contributed by atoms with Gasteiger partial charge < -0.3 is 5.32 Å². The van der Waals surface area contributed by atoms with Gasteiger partial charge in [-0.2, -0.15) is 0 Å². The third-order valence-corrected chi connectivity index (χ3v) is 8.02. The Bertz CT molecular complexity index is 782. The number of nitrogens with one attached hydrogen (secondary N) is 1. The molecule has 0 atom stereocenters. The maximum absolute atomic E-state index is 12.6. The number of amides is 1. The first-order chi connectivity index (χ1) is 14.0. The highest BCUT2D eigenvalue weighted by Crippen LogP contribution is 2.22. The summed E-state index contributed by atoms with van der Waals surface area (Å²) in [6.07, 6.45) is 10.8. The van der Waals surface area contributed by atoms with E-state index >= 15 is 0 Å². The van der Waals surface area contributed by atoms with E-state index in [1.165, 1.54) is 30.4 Å². The van der Waals surface area contributed by atoms with Gasteiger partial charge in [-0.15, -0.1) is 0 Å². The van der Waals surface area contributed by atoms with E-state index in [-0.39, 0.29) is 17.6 Å². The number of piperidine rings is 1. The highest BCUT2D eigenvalue weighted by Gasteiger charge is 2.30. The number of nitrogens with zero attached hydrogens (tertiary/aromatic N) is 1. The van der Waals surface area contributed by atoms with Crippen LogP contribution in [0.4, 0.5) is 0 Å². The number of sulfonamides is 1. The average Bonchev–Trinajstić information content (AvgIpc) is 2.75. The molecule has 1 amide bonds. The second kappa shape index (κ2) is 10.9. The fourth-order valence-electron chi connectivity index (χ4n) is 4.25. The van der Waals surface area contributed by atoms with E-state index in [0.717, 1.165) is 19.3 Å². The van der Waals surface area contributed by atoms with Crippen LogP contribution in [0.2, 0.25) is 0 Å². The van der Waals surface area contributed by atoms with Crippen molar-refractivity contribution in [1.29, 1.82) is 0 Å². The molecule has 29 heavy (non-hydrogen) atoms. The average molecular weight is 419 g/mol. The van der Waals surface area contributed by atoms with E-state index in [2.05, 4.69) is 11.4 Å². The molecule has 0 bridgehead atoms. The van der Waals surface area contributed by atoms with Gasteiger partial charge >= 0.3 is 0 Å². The zero-order valence-electron chi connectivity index (χ0n) is 17.3. The topological polar surface area (TPSA) is 66.5 Å². The van der Waals surface area contributed by atoms with Gasteiger partial charge in [-0.25, -0.2) is 12.7 Å². The SMILES string of the molecule is O=C(NCCC1=CCCCC1)C1CCN(S(=O)(=O)CCCc2ccccc2)CC1. The molecule has 1 heterocycles. The van der Waals surface area contributed by atoms with E-state index in [4.69, 9.17) is 0 Å². The van der Waals surface area contributed by atoms with Gasteiger partial charge in [0.15, 0.2) is 0 Å². The van der Waals surface area contributed by atoms with Crippen molar-refractivity contribution in [1.82, 2.24) is 9.62 Å². The van der Waals surface area contributed by atoms with Gasteiger partial charge in [0.1, 0.15) is 0 Å². The maximum atomic E-state index is 12.6. The Morgan fingerprint density at radius 2 is 1.83 bits per heavy atom. The number of rotatable bonds is 9. The summed E-state index contributed by atoms with van der Waals surface area (Å²) >= 11 is 0. The van der Waals surface area contributed by atoms with Crippen LogP contribution in [0, 0.1) is 5.92 Å². The highest BCUT2D eigenvalue weighted by atomic mass is 32.2. The first kappa shape index (κ1) is 22.0. The summed E-state index contributed by atoms with van der Waals surface area (Å²) in [5.74, 6) is 0.196. The number of benzene rings is 1. The second-order valence-corrected chi connectivity index (χ2v) is 10.3. The zero-order valence-corrected chi connectivity index (χ0v) is 18.1. The highest BCUT2D eigenvalue weighted by molar-refractivity contribution is 7.89. The van der Waals surface area contributed by atoms with E-state index in [0.29, 0.717) is 38.9 Å². The van der Waals surface area contributed by atoms with Crippen molar-refractivity contribution in [2.45, 2.75) is 57.8 Å². The zero-order chi connectivity index (χ0) is 20.5. The normalized spacial score (nSPS) is 19.0. The Balaban J connectivity index is 1.36. The predicted octanol–water partition coefficient (Wildman–Crippen LogP) is 3.67. The number of carbonyl (C=O) groups excluding carboxylic acids is 1. The molecule has 0 saturated carbocycles. The number of aryl methyl sites for hydroxylation is 1. The van der Waals surface area contributed by atoms with Gasteiger partial charge in [0.25, 0.3) is 0 Å². The smallest absolute Gasteiger partial charge is 0.223 e. The van der Waals surface area contributed by atoms with Crippen molar-refractivity contribution >= 4 is 15.9 Å². The standard InChI is InChI=1S/C23H34N2O3S/c26-23(24-16-13-21-10-5-2-6-11-21)22-14-17-25(18-15-22)29(27,28)19-7-12-20-8-3-1-4-9-20/h1,3-4,8-10,22H,2,5-7,11-19H2,(H,24,26). The first-order valence-corrected chi connectivity index (χ1v) is 12.6. The molecule has 1 N–H and O–H groups in total. The number of allylic oxidation sites excluding steroid dienone is 1. The molecular formula is C23H34N2O3S. The Morgan fingerprint density at radius 1 is 1.07 bits per heavy atom. The molecule has 1 aromatic rings. The lowest BCUT2D eigenvalue weighted by Gasteiger charge is -2.30. The lowest BCUT2D eigenvalue weighted by atomic mass is 9.96. The molecule has 0 radical (unpaired) electrons. The van der Waals surface area contributed by atoms with Crippen molar-refractivity contribution in [3.63, 3.8) is 0 Å². The summed E-state index contributed by atoms with van der Waals surface area (Å²) in [7, 11) is -3.24. The lowest BCUT2D eigenvalue weighted by Crippen LogP contribution is -2.44. The van der Waals surface area contributed by atoms with Crippen molar-refractivity contribution in [3.8, 4) is 0 Å². The largest absolute Gasteiger partial charge is 0.356 e. The van der Waals surface area contributed by atoms with Gasteiger partial charge in [-0.1, -0.05) is 42.0 Å². The molecule has 1 aliphatic heterocycles. The van der Waals surface area contributed by atoms with E-state index in [9.17, 15) is 13.2 Å². The van der Waals surface area contributed by atoms with E-state index < -0.39 is 10.0 Å². The molecule has 1 aromatic carbocycles. The number of hydrogen-bond acceptors (Lipinski definition) is 3. The second-order valence-electron chi connectivity index (χ2n) is 8.23. The van der Waals surface area contributed by atoms with Crippen molar-refractivity contribution in [3.05, 3.63) is 47.5 Å². The van der Waals surface area contributed by atoms with E-state index in [1.807, 2.05) is 30.3 Å². The third-order valence-electron chi connectivity index (χ3n) is 6.06. The Hall–Kier alpha value is -1.66. The van der Waals surface area contributed by atoms with Crippen LogP contribution >= 0.6 is 0 Å². The molecule has 0 aromatic heterocycles. The lowest BCUT2D eigenvalue weighted by molar-refractivity contribution is -0.126. The summed E-state index contributed by atoms with van der Waals surface area (Å²) in [6, 6.07) is 9.98. The first-order valence-electron chi connectivity index (χ1n) is 11.0. The van der Waals surface area contributed by atoms with Gasteiger partial charge in [0, 0.05) is 25.6 Å². The van der Waals surface area contributed by atoms with E-state index in [1.54, 1.807) is 4.31 Å². The molecule has 1 saturated heterocycles. The van der Waals surface area contributed by atoms with Gasteiger partial charge in [0.05, 0.1) is 5.75 Å². The van der Waals surface area contributed by atoms with Crippen LogP contribution in [-0.4, -0.2) is 44.0 Å². The molecule has 5 nitrogen and oxygen atoms in total. The number of hydrogen-bond donors (Lipinski definition) is 1. The minimum atomic E-state index is -3.24. The fourth-order valence-corrected chi connectivity index (χ4v) is 5.79. The van der Waals surface area contributed by atoms with Crippen molar-refractivity contribution in [2.75, 3.05) is 25.4 Å².